The van der Waals surface area contributed by atoms with E-state index in [1.807, 2.05) is 0 Å². The lowest BCUT2D eigenvalue weighted by molar-refractivity contribution is -0.122. The molecule has 126 valence electrons. The van der Waals surface area contributed by atoms with E-state index in [2.05, 4.69) is 17.4 Å². The van der Waals surface area contributed by atoms with Crippen molar-refractivity contribution in [3.63, 3.8) is 0 Å². The lowest BCUT2D eigenvalue weighted by Crippen LogP contribution is -2.45. The van der Waals surface area contributed by atoms with E-state index in [0.717, 1.165) is 18.6 Å². The number of urea groups is 1. The number of amides is 3. The standard InChI is InChI=1S/C17H18ClN3O3/c1-2-3-13-12-8-17(9-14(12)24-20-13)15(22)21(16(23)19-17)11-6-4-10(18)5-7-11/h4-7,12,14H,2-3,8-9H2,1H3,(H,19,23)/t12-,14-,17+/m0/s1. The number of rotatable bonds is 3. The second-order valence-electron chi connectivity index (χ2n) is 6.62. The van der Waals surface area contributed by atoms with Gasteiger partial charge >= 0.3 is 6.03 Å². The number of carbonyl (C=O) groups excluding carboxylic acids is 2. The van der Waals surface area contributed by atoms with Crippen LogP contribution in [0.5, 0.6) is 0 Å². The van der Waals surface area contributed by atoms with Gasteiger partial charge < -0.3 is 10.2 Å². The van der Waals surface area contributed by atoms with Crippen LogP contribution in [0.2, 0.25) is 5.02 Å². The Labute approximate surface area is 144 Å². The van der Waals surface area contributed by atoms with Gasteiger partial charge in [-0.25, -0.2) is 9.69 Å². The molecule has 6 nitrogen and oxygen atoms in total. The number of halogens is 1. The van der Waals surface area contributed by atoms with Gasteiger partial charge in [-0.05, 0) is 37.1 Å². The largest absolute Gasteiger partial charge is 0.392 e. The van der Waals surface area contributed by atoms with Gasteiger partial charge in [0.25, 0.3) is 5.91 Å². The van der Waals surface area contributed by atoms with Gasteiger partial charge in [-0.1, -0.05) is 30.1 Å². The fraction of sp³-hybridized carbons (Fsp3) is 0.471. The van der Waals surface area contributed by atoms with Crippen LogP contribution in [-0.4, -0.2) is 29.3 Å². The molecule has 2 fully saturated rings. The minimum absolute atomic E-state index is 0.111. The van der Waals surface area contributed by atoms with Gasteiger partial charge in [0.1, 0.15) is 11.6 Å². The van der Waals surface area contributed by atoms with E-state index >= 15 is 0 Å². The summed E-state index contributed by atoms with van der Waals surface area (Å²) < 4.78 is 0. The summed E-state index contributed by atoms with van der Waals surface area (Å²) in [5, 5.41) is 7.62. The van der Waals surface area contributed by atoms with E-state index in [1.54, 1.807) is 24.3 Å². The average molecular weight is 348 g/mol. The number of fused-ring (bicyclic) bond motifs is 1. The first kappa shape index (κ1) is 15.4. The highest BCUT2D eigenvalue weighted by Gasteiger charge is 2.61. The van der Waals surface area contributed by atoms with Crippen molar-refractivity contribution >= 4 is 34.9 Å². The molecular formula is C17H18ClN3O3. The van der Waals surface area contributed by atoms with E-state index in [9.17, 15) is 9.59 Å². The summed E-state index contributed by atoms with van der Waals surface area (Å²) in [6.45, 7) is 2.09. The molecule has 7 heteroatoms. The Morgan fingerprint density at radius 1 is 1.33 bits per heavy atom. The van der Waals surface area contributed by atoms with Crippen LogP contribution in [-0.2, 0) is 9.63 Å². The molecule has 1 saturated carbocycles. The summed E-state index contributed by atoms with van der Waals surface area (Å²) >= 11 is 5.89. The Morgan fingerprint density at radius 2 is 2.08 bits per heavy atom. The predicted octanol–water partition coefficient (Wildman–Crippen LogP) is 3.10. The average Bonchev–Trinajstić information content (AvgIpc) is 3.16. The molecule has 3 amide bonds. The normalized spacial score (nSPS) is 31.2. The number of anilines is 1. The molecule has 3 aliphatic rings. The molecule has 2 aliphatic heterocycles. The van der Waals surface area contributed by atoms with Crippen molar-refractivity contribution in [1.29, 1.82) is 0 Å². The summed E-state index contributed by atoms with van der Waals surface area (Å²) in [7, 11) is 0. The second kappa shape index (κ2) is 5.48. The zero-order valence-corrected chi connectivity index (χ0v) is 14.0. The first-order valence-electron chi connectivity index (χ1n) is 8.19. The van der Waals surface area contributed by atoms with E-state index in [1.165, 1.54) is 4.90 Å². The molecule has 3 atom stereocenters. The van der Waals surface area contributed by atoms with Crippen LogP contribution >= 0.6 is 11.6 Å². The number of hydrogen-bond acceptors (Lipinski definition) is 4. The monoisotopic (exact) mass is 347 g/mol. The number of nitrogens with zero attached hydrogens (tertiary/aromatic N) is 2. The lowest BCUT2D eigenvalue weighted by atomic mass is 9.92. The molecule has 1 aromatic carbocycles. The zero-order chi connectivity index (χ0) is 16.9. The molecule has 1 spiro atoms. The summed E-state index contributed by atoms with van der Waals surface area (Å²) in [5.41, 5.74) is 0.645. The quantitative estimate of drug-likeness (QED) is 0.854. The third kappa shape index (κ3) is 2.20. The van der Waals surface area contributed by atoms with Gasteiger partial charge in [0.15, 0.2) is 0 Å². The first-order chi connectivity index (χ1) is 11.5. The van der Waals surface area contributed by atoms with Crippen molar-refractivity contribution in [2.24, 2.45) is 11.1 Å². The topological polar surface area (TPSA) is 71.0 Å². The smallest absolute Gasteiger partial charge is 0.329 e. The molecular weight excluding hydrogens is 330 g/mol. The van der Waals surface area contributed by atoms with Crippen molar-refractivity contribution in [2.45, 2.75) is 44.2 Å². The fourth-order valence-corrected chi connectivity index (χ4v) is 4.06. The Morgan fingerprint density at radius 3 is 2.79 bits per heavy atom. The lowest BCUT2D eigenvalue weighted by Gasteiger charge is -2.21. The molecule has 2 heterocycles. The van der Waals surface area contributed by atoms with Crippen LogP contribution in [0, 0.1) is 5.92 Å². The maximum Gasteiger partial charge on any atom is 0.329 e. The number of imide groups is 1. The van der Waals surface area contributed by atoms with E-state index < -0.39 is 11.6 Å². The molecule has 1 saturated heterocycles. The van der Waals surface area contributed by atoms with Crippen molar-refractivity contribution < 1.29 is 14.4 Å². The van der Waals surface area contributed by atoms with Crippen molar-refractivity contribution in [2.75, 3.05) is 4.90 Å². The van der Waals surface area contributed by atoms with Crippen LogP contribution in [0.3, 0.4) is 0 Å². The highest BCUT2D eigenvalue weighted by molar-refractivity contribution is 6.31. The summed E-state index contributed by atoms with van der Waals surface area (Å²) in [6.07, 6.45) is 2.73. The zero-order valence-electron chi connectivity index (χ0n) is 13.3. The number of oxime groups is 1. The molecule has 1 aliphatic carbocycles. The van der Waals surface area contributed by atoms with E-state index in [0.29, 0.717) is 23.6 Å². The molecule has 1 aromatic rings. The Balaban J connectivity index is 1.60. The maximum atomic E-state index is 13.0. The van der Waals surface area contributed by atoms with Gasteiger partial charge in [-0.3, -0.25) is 4.79 Å². The summed E-state index contributed by atoms with van der Waals surface area (Å²) in [6, 6.07) is 6.29. The van der Waals surface area contributed by atoms with E-state index in [-0.39, 0.29) is 17.9 Å². The van der Waals surface area contributed by atoms with Crippen LogP contribution in [0.4, 0.5) is 10.5 Å². The van der Waals surface area contributed by atoms with Gasteiger partial charge in [-0.2, -0.15) is 0 Å². The fourth-order valence-electron chi connectivity index (χ4n) is 3.93. The van der Waals surface area contributed by atoms with Gasteiger partial charge in [0, 0.05) is 17.4 Å². The molecule has 0 aromatic heterocycles. The van der Waals surface area contributed by atoms with Crippen LogP contribution < -0.4 is 10.2 Å². The summed E-state index contributed by atoms with van der Waals surface area (Å²) in [5.74, 6) is -0.108. The van der Waals surface area contributed by atoms with Gasteiger partial charge in [0.2, 0.25) is 0 Å². The van der Waals surface area contributed by atoms with E-state index in [4.69, 9.17) is 16.4 Å². The Kier molecular flexibility index (Phi) is 3.53. The van der Waals surface area contributed by atoms with Gasteiger partial charge in [0.05, 0.1) is 11.4 Å². The molecule has 4 rings (SSSR count). The molecule has 1 N–H and O–H groups in total. The van der Waals surface area contributed by atoms with Crippen molar-refractivity contribution in [3.05, 3.63) is 29.3 Å². The maximum absolute atomic E-state index is 13.0. The third-order valence-corrected chi connectivity index (χ3v) is 5.30. The molecule has 0 unspecified atom stereocenters. The van der Waals surface area contributed by atoms with Crippen LogP contribution in [0.25, 0.3) is 0 Å². The highest BCUT2D eigenvalue weighted by Crippen LogP contribution is 2.45. The molecule has 24 heavy (non-hydrogen) atoms. The predicted molar refractivity (Wildman–Crippen MR) is 90.1 cm³/mol. The second-order valence-corrected chi connectivity index (χ2v) is 7.06. The SMILES string of the molecule is CCCC1=NO[C@H]2C[C@@]3(C[C@@H]12)NC(=O)N(c1ccc(Cl)cc1)C3=O. The minimum Gasteiger partial charge on any atom is -0.392 e. The molecule has 0 radical (unpaired) electrons. The van der Waals surface area contributed by atoms with Gasteiger partial charge in [-0.15, -0.1) is 0 Å². The number of carbonyl (C=O) groups is 2. The highest BCUT2D eigenvalue weighted by atomic mass is 35.5. The van der Waals surface area contributed by atoms with Crippen LogP contribution in [0.1, 0.15) is 32.6 Å². The number of nitrogens with one attached hydrogen (secondary N) is 1. The third-order valence-electron chi connectivity index (χ3n) is 5.05. The first-order valence-corrected chi connectivity index (χ1v) is 8.57. The van der Waals surface area contributed by atoms with Crippen molar-refractivity contribution in [3.8, 4) is 0 Å². The summed E-state index contributed by atoms with van der Waals surface area (Å²) in [4.78, 5) is 32.2. The number of benzene rings is 1. The molecule has 0 bridgehead atoms. The van der Waals surface area contributed by atoms with Crippen molar-refractivity contribution in [1.82, 2.24) is 5.32 Å². The minimum atomic E-state index is -0.888. The Hall–Kier alpha value is -2.08. The van der Waals surface area contributed by atoms with Crippen LogP contribution in [0.15, 0.2) is 29.4 Å². The Bertz CT molecular complexity index is 733. The number of hydrogen-bond donors (Lipinski definition) is 1.